The topological polar surface area (TPSA) is 76.0 Å². The molecule has 3 aromatic rings. The molecule has 0 aliphatic heterocycles. The van der Waals surface area contributed by atoms with E-state index in [1.165, 1.54) is 18.3 Å². The molecule has 2 heterocycles. The second kappa shape index (κ2) is 5.45. The van der Waals surface area contributed by atoms with Crippen molar-refractivity contribution in [2.45, 2.75) is 9.92 Å². The predicted octanol–water partition coefficient (Wildman–Crippen LogP) is 3.01. The predicted molar refractivity (Wildman–Crippen MR) is 74.8 cm³/mol. The molecule has 0 radical (unpaired) electrons. The molecule has 1 aromatic carbocycles. The molecule has 104 valence electrons. The van der Waals surface area contributed by atoms with Gasteiger partial charge in [-0.1, -0.05) is 11.8 Å². The molecular weight excluding hydrogens is 293 g/mol. The summed E-state index contributed by atoms with van der Waals surface area (Å²) in [5.41, 5.74) is 1.12. The smallest absolute Gasteiger partial charge is 0.335 e. The van der Waals surface area contributed by atoms with Crippen LogP contribution in [-0.2, 0) is 0 Å². The number of carboxylic acid groups (broad SMARTS) is 1. The van der Waals surface area contributed by atoms with Gasteiger partial charge >= 0.3 is 5.97 Å². The van der Waals surface area contributed by atoms with Crippen molar-refractivity contribution in [3.8, 4) is 0 Å². The normalized spacial score (nSPS) is 10.7. The summed E-state index contributed by atoms with van der Waals surface area (Å²) in [5.74, 6) is -1.60. The molecule has 0 saturated heterocycles. The van der Waals surface area contributed by atoms with Crippen LogP contribution in [-0.4, -0.2) is 26.0 Å². The SMILES string of the molecule is O=C(O)c1ccc(F)c(Sc2ccc3nccnc3n2)c1. The zero-order valence-corrected chi connectivity index (χ0v) is 11.3. The molecule has 0 spiro atoms. The molecule has 0 aliphatic carbocycles. The third-order valence-corrected chi connectivity index (χ3v) is 3.67. The number of carbonyl (C=O) groups is 1. The van der Waals surface area contributed by atoms with Crippen molar-refractivity contribution in [2.24, 2.45) is 0 Å². The molecule has 3 rings (SSSR count). The molecule has 0 unspecified atom stereocenters. The quantitative estimate of drug-likeness (QED) is 0.801. The molecule has 1 N–H and O–H groups in total. The summed E-state index contributed by atoms with van der Waals surface area (Å²) in [4.78, 5) is 23.6. The average Bonchev–Trinajstić information content (AvgIpc) is 2.49. The van der Waals surface area contributed by atoms with Crippen molar-refractivity contribution in [1.82, 2.24) is 15.0 Å². The first-order valence-electron chi connectivity index (χ1n) is 5.92. The van der Waals surface area contributed by atoms with Crippen LogP contribution in [0.3, 0.4) is 0 Å². The summed E-state index contributed by atoms with van der Waals surface area (Å²) in [6.07, 6.45) is 3.09. The Morgan fingerprint density at radius 1 is 1.14 bits per heavy atom. The van der Waals surface area contributed by atoms with Crippen LogP contribution in [0.15, 0.2) is 52.6 Å². The number of fused-ring (bicyclic) bond motifs is 1. The van der Waals surface area contributed by atoms with E-state index in [9.17, 15) is 9.18 Å². The van der Waals surface area contributed by atoms with Crippen molar-refractivity contribution in [3.05, 3.63) is 54.1 Å². The maximum atomic E-state index is 13.8. The van der Waals surface area contributed by atoms with Gasteiger partial charge in [-0.2, -0.15) is 0 Å². The van der Waals surface area contributed by atoms with Crippen LogP contribution < -0.4 is 0 Å². The van der Waals surface area contributed by atoms with Crippen molar-refractivity contribution >= 4 is 28.9 Å². The first kappa shape index (κ1) is 13.4. The second-order valence-corrected chi connectivity index (χ2v) is 5.16. The van der Waals surface area contributed by atoms with Crippen LogP contribution in [0.1, 0.15) is 10.4 Å². The summed E-state index contributed by atoms with van der Waals surface area (Å²) in [7, 11) is 0. The standard InChI is InChI=1S/C14H8FN3O2S/c15-9-2-1-8(14(19)20)7-11(9)21-12-4-3-10-13(18-12)17-6-5-16-10/h1-7H,(H,19,20). The lowest BCUT2D eigenvalue weighted by molar-refractivity contribution is 0.0696. The Balaban J connectivity index is 1.98. The van der Waals surface area contributed by atoms with E-state index in [2.05, 4.69) is 15.0 Å². The van der Waals surface area contributed by atoms with Gasteiger partial charge in [0.15, 0.2) is 5.65 Å². The minimum Gasteiger partial charge on any atom is -0.478 e. The van der Waals surface area contributed by atoms with E-state index in [0.29, 0.717) is 16.2 Å². The van der Waals surface area contributed by atoms with Crippen LogP contribution in [0, 0.1) is 5.82 Å². The van der Waals surface area contributed by atoms with Gasteiger partial charge in [0.25, 0.3) is 0 Å². The molecule has 7 heteroatoms. The average molecular weight is 301 g/mol. The molecule has 2 aromatic heterocycles. The Labute approximate surface area is 122 Å². The van der Waals surface area contributed by atoms with E-state index in [4.69, 9.17) is 5.11 Å². The summed E-state index contributed by atoms with van der Waals surface area (Å²) in [5, 5.41) is 9.46. The molecule has 0 aliphatic rings. The van der Waals surface area contributed by atoms with Crippen LogP contribution >= 0.6 is 11.8 Å². The number of aromatic carboxylic acids is 1. The van der Waals surface area contributed by atoms with Gasteiger partial charge in [0.1, 0.15) is 16.4 Å². The Morgan fingerprint density at radius 3 is 2.76 bits per heavy atom. The monoisotopic (exact) mass is 301 g/mol. The van der Waals surface area contributed by atoms with Gasteiger partial charge in [-0.25, -0.2) is 19.2 Å². The number of pyridine rings is 1. The Morgan fingerprint density at radius 2 is 1.95 bits per heavy atom. The minimum absolute atomic E-state index is 0.0273. The molecule has 0 saturated carbocycles. The van der Waals surface area contributed by atoms with Crippen LogP contribution in [0.25, 0.3) is 11.2 Å². The van der Waals surface area contributed by atoms with Gasteiger partial charge in [0, 0.05) is 12.4 Å². The highest BCUT2D eigenvalue weighted by atomic mass is 32.2. The third-order valence-electron chi connectivity index (χ3n) is 2.70. The number of nitrogens with zero attached hydrogens (tertiary/aromatic N) is 3. The van der Waals surface area contributed by atoms with Crippen LogP contribution in [0.2, 0.25) is 0 Å². The Kier molecular flexibility index (Phi) is 3.49. The molecule has 0 bridgehead atoms. The summed E-state index contributed by atoms with van der Waals surface area (Å²) < 4.78 is 13.8. The number of carboxylic acids is 1. The summed E-state index contributed by atoms with van der Waals surface area (Å²) >= 11 is 1.04. The first-order valence-corrected chi connectivity index (χ1v) is 6.73. The Hall–Kier alpha value is -2.54. The van der Waals surface area contributed by atoms with Crippen LogP contribution in [0.4, 0.5) is 4.39 Å². The van der Waals surface area contributed by atoms with E-state index in [1.54, 1.807) is 18.3 Å². The lowest BCUT2D eigenvalue weighted by Crippen LogP contribution is -1.97. The minimum atomic E-state index is -1.10. The molecule has 5 nitrogen and oxygen atoms in total. The number of benzene rings is 1. The van der Waals surface area contributed by atoms with Gasteiger partial charge < -0.3 is 5.11 Å². The number of halogens is 1. The van der Waals surface area contributed by atoms with E-state index < -0.39 is 11.8 Å². The van der Waals surface area contributed by atoms with E-state index >= 15 is 0 Å². The van der Waals surface area contributed by atoms with E-state index in [-0.39, 0.29) is 10.5 Å². The highest BCUT2D eigenvalue weighted by molar-refractivity contribution is 7.99. The van der Waals surface area contributed by atoms with Gasteiger partial charge in [-0.05, 0) is 30.3 Å². The molecule has 21 heavy (non-hydrogen) atoms. The first-order chi connectivity index (χ1) is 10.1. The van der Waals surface area contributed by atoms with Gasteiger partial charge in [0.05, 0.1) is 10.5 Å². The number of rotatable bonds is 3. The zero-order chi connectivity index (χ0) is 14.8. The van der Waals surface area contributed by atoms with E-state index in [1.807, 2.05) is 0 Å². The fourth-order valence-electron chi connectivity index (χ4n) is 1.72. The van der Waals surface area contributed by atoms with E-state index in [0.717, 1.165) is 17.8 Å². The van der Waals surface area contributed by atoms with Crippen LogP contribution in [0.5, 0.6) is 0 Å². The summed E-state index contributed by atoms with van der Waals surface area (Å²) in [6, 6.07) is 7.06. The van der Waals surface area contributed by atoms with Crippen molar-refractivity contribution < 1.29 is 14.3 Å². The molecule has 0 amide bonds. The summed E-state index contributed by atoms with van der Waals surface area (Å²) in [6.45, 7) is 0. The fourth-order valence-corrected chi connectivity index (χ4v) is 2.57. The third kappa shape index (κ3) is 2.82. The molecule has 0 fully saturated rings. The van der Waals surface area contributed by atoms with Crippen molar-refractivity contribution in [3.63, 3.8) is 0 Å². The highest BCUT2D eigenvalue weighted by Gasteiger charge is 2.11. The number of aromatic nitrogens is 3. The fraction of sp³-hybridized carbons (Fsp3) is 0. The maximum Gasteiger partial charge on any atom is 0.335 e. The Bertz CT molecular complexity index is 841. The number of hydrogen-bond acceptors (Lipinski definition) is 5. The lowest BCUT2D eigenvalue weighted by atomic mass is 10.2. The molecular formula is C14H8FN3O2S. The van der Waals surface area contributed by atoms with Crippen molar-refractivity contribution in [2.75, 3.05) is 0 Å². The second-order valence-electron chi connectivity index (χ2n) is 4.10. The van der Waals surface area contributed by atoms with Gasteiger partial charge in [-0.3, -0.25) is 4.98 Å². The van der Waals surface area contributed by atoms with Gasteiger partial charge in [0.2, 0.25) is 0 Å². The lowest BCUT2D eigenvalue weighted by Gasteiger charge is -2.04. The van der Waals surface area contributed by atoms with Crippen molar-refractivity contribution in [1.29, 1.82) is 0 Å². The van der Waals surface area contributed by atoms with Gasteiger partial charge in [-0.15, -0.1) is 0 Å². The highest BCUT2D eigenvalue weighted by Crippen LogP contribution is 2.30. The molecule has 0 atom stereocenters. The number of hydrogen-bond donors (Lipinski definition) is 1. The zero-order valence-electron chi connectivity index (χ0n) is 10.5. The largest absolute Gasteiger partial charge is 0.478 e. The maximum absolute atomic E-state index is 13.8.